The van der Waals surface area contributed by atoms with E-state index in [2.05, 4.69) is 10.3 Å². The Kier molecular flexibility index (Phi) is 6.91. The van der Waals surface area contributed by atoms with Gasteiger partial charge in [0, 0.05) is 11.1 Å². The van der Waals surface area contributed by atoms with Gasteiger partial charge in [0.1, 0.15) is 13.7 Å². The van der Waals surface area contributed by atoms with E-state index in [-0.39, 0.29) is 12.3 Å². The summed E-state index contributed by atoms with van der Waals surface area (Å²) in [5.74, 6) is -0.581. The van der Waals surface area contributed by atoms with E-state index in [9.17, 15) is 4.79 Å². The first-order valence-corrected chi connectivity index (χ1v) is 8.08. The van der Waals surface area contributed by atoms with Crippen LogP contribution in [-0.4, -0.2) is 31.6 Å². The van der Waals surface area contributed by atoms with E-state index in [0.717, 1.165) is 22.4 Å². The molecule has 6 heteroatoms. The van der Waals surface area contributed by atoms with E-state index in [1.807, 2.05) is 56.3 Å². The van der Waals surface area contributed by atoms with Crippen molar-refractivity contribution in [3.8, 4) is 0 Å². The predicted molar refractivity (Wildman–Crippen MR) is 100 cm³/mol. The highest BCUT2D eigenvalue weighted by molar-refractivity contribution is 6.43. The molecular formula is C20H22N2O4. The van der Waals surface area contributed by atoms with Crippen LogP contribution < -0.4 is 0 Å². The van der Waals surface area contributed by atoms with Gasteiger partial charge < -0.3 is 14.4 Å². The van der Waals surface area contributed by atoms with Gasteiger partial charge in [-0.2, -0.15) is 0 Å². The van der Waals surface area contributed by atoms with Crippen LogP contribution in [0.4, 0.5) is 0 Å². The molecule has 2 aromatic carbocycles. The maximum absolute atomic E-state index is 12.0. The Labute approximate surface area is 153 Å². The molecule has 0 bridgehead atoms. The molecule has 0 unspecified atom stereocenters. The standard InChI is InChI=1S/C20H22N2O4/c1-14-9-8-12-17(19(22-25-4)20(23)24-3)18(14)13-26-21-15(2)16-10-6-5-7-11-16/h5-12H,13H2,1-4H3/b21-15+,22-19+. The zero-order chi connectivity index (χ0) is 18.9. The molecule has 136 valence electrons. The van der Waals surface area contributed by atoms with Gasteiger partial charge in [-0.3, -0.25) is 0 Å². The topological polar surface area (TPSA) is 69.5 Å². The van der Waals surface area contributed by atoms with Crippen molar-refractivity contribution in [3.63, 3.8) is 0 Å². The van der Waals surface area contributed by atoms with Gasteiger partial charge in [-0.1, -0.05) is 58.8 Å². The highest BCUT2D eigenvalue weighted by Crippen LogP contribution is 2.18. The summed E-state index contributed by atoms with van der Waals surface area (Å²) < 4.78 is 4.80. The minimum atomic E-state index is -0.581. The third-order valence-electron chi connectivity index (χ3n) is 3.83. The summed E-state index contributed by atoms with van der Waals surface area (Å²) in [6.45, 7) is 3.99. The lowest BCUT2D eigenvalue weighted by Gasteiger charge is -2.12. The van der Waals surface area contributed by atoms with Crippen molar-refractivity contribution in [1.29, 1.82) is 0 Å². The minimum Gasteiger partial charge on any atom is -0.464 e. The number of rotatable bonds is 7. The number of hydrogen-bond acceptors (Lipinski definition) is 6. The van der Waals surface area contributed by atoms with Crippen LogP contribution >= 0.6 is 0 Å². The van der Waals surface area contributed by atoms with Crippen LogP contribution in [0.15, 0.2) is 58.8 Å². The second-order valence-corrected chi connectivity index (χ2v) is 5.53. The van der Waals surface area contributed by atoms with Crippen LogP contribution in [0, 0.1) is 6.92 Å². The van der Waals surface area contributed by atoms with Gasteiger partial charge in [-0.15, -0.1) is 0 Å². The second-order valence-electron chi connectivity index (χ2n) is 5.53. The zero-order valence-corrected chi connectivity index (χ0v) is 15.4. The highest BCUT2D eigenvalue weighted by Gasteiger charge is 2.20. The summed E-state index contributed by atoms with van der Waals surface area (Å²) in [4.78, 5) is 22.4. The van der Waals surface area contributed by atoms with E-state index < -0.39 is 5.97 Å². The SMILES string of the molecule is CO/N=C(/C(=O)OC)c1cccc(C)c1CO/N=C(\C)c1ccccc1. The molecule has 0 aliphatic heterocycles. The largest absolute Gasteiger partial charge is 0.464 e. The van der Waals surface area contributed by atoms with E-state index in [1.54, 1.807) is 6.07 Å². The van der Waals surface area contributed by atoms with Crippen LogP contribution in [0.1, 0.15) is 29.2 Å². The van der Waals surface area contributed by atoms with Gasteiger partial charge in [-0.05, 0) is 25.0 Å². The minimum absolute atomic E-state index is 0.0843. The van der Waals surface area contributed by atoms with E-state index >= 15 is 0 Å². The molecule has 6 nitrogen and oxygen atoms in total. The number of nitrogens with zero attached hydrogens (tertiary/aromatic N) is 2. The smallest absolute Gasteiger partial charge is 0.360 e. The number of benzene rings is 2. The van der Waals surface area contributed by atoms with Crippen molar-refractivity contribution in [2.24, 2.45) is 10.3 Å². The van der Waals surface area contributed by atoms with Crippen molar-refractivity contribution >= 4 is 17.4 Å². The first-order chi connectivity index (χ1) is 12.6. The molecule has 2 rings (SSSR count). The summed E-state index contributed by atoms with van der Waals surface area (Å²) in [5, 5.41) is 7.98. The first-order valence-electron chi connectivity index (χ1n) is 8.08. The van der Waals surface area contributed by atoms with Gasteiger partial charge in [0.2, 0.25) is 0 Å². The fourth-order valence-electron chi connectivity index (χ4n) is 2.43. The Morgan fingerprint density at radius 2 is 1.73 bits per heavy atom. The monoisotopic (exact) mass is 354 g/mol. The maximum Gasteiger partial charge on any atom is 0.360 e. The molecule has 0 aromatic heterocycles. The summed E-state index contributed by atoms with van der Waals surface area (Å²) >= 11 is 0. The second kappa shape index (κ2) is 9.36. The lowest BCUT2D eigenvalue weighted by molar-refractivity contribution is -0.132. The van der Waals surface area contributed by atoms with Crippen LogP contribution in [0.25, 0.3) is 0 Å². The normalized spacial score (nSPS) is 11.8. The third-order valence-corrected chi connectivity index (χ3v) is 3.83. The Hall–Kier alpha value is -3.15. The Balaban J connectivity index is 2.27. The molecule has 0 atom stereocenters. The predicted octanol–water partition coefficient (Wildman–Crippen LogP) is 3.46. The molecule has 2 aromatic rings. The zero-order valence-electron chi connectivity index (χ0n) is 15.4. The van der Waals surface area contributed by atoms with Crippen molar-refractivity contribution in [1.82, 2.24) is 0 Å². The van der Waals surface area contributed by atoms with Crippen LogP contribution in [0.5, 0.6) is 0 Å². The fourth-order valence-corrected chi connectivity index (χ4v) is 2.43. The van der Waals surface area contributed by atoms with Crippen molar-refractivity contribution in [2.75, 3.05) is 14.2 Å². The highest BCUT2D eigenvalue weighted by atomic mass is 16.6. The van der Waals surface area contributed by atoms with E-state index in [0.29, 0.717) is 5.56 Å². The number of carbonyl (C=O) groups excluding carboxylic acids is 1. The van der Waals surface area contributed by atoms with Crippen molar-refractivity contribution in [2.45, 2.75) is 20.5 Å². The molecule has 0 saturated heterocycles. The molecule has 0 saturated carbocycles. The molecule has 0 heterocycles. The van der Waals surface area contributed by atoms with Crippen LogP contribution in [0.3, 0.4) is 0 Å². The summed E-state index contributed by atoms with van der Waals surface area (Å²) in [5.41, 5.74) is 4.15. The molecule has 0 spiro atoms. The summed E-state index contributed by atoms with van der Waals surface area (Å²) in [6.07, 6.45) is 0. The summed E-state index contributed by atoms with van der Waals surface area (Å²) in [6, 6.07) is 15.3. The number of oxime groups is 2. The molecule has 0 amide bonds. The molecule has 0 aliphatic carbocycles. The van der Waals surface area contributed by atoms with E-state index in [1.165, 1.54) is 14.2 Å². The van der Waals surface area contributed by atoms with Gasteiger partial charge in [0.15, 0.2) is 5.71 Å². The lowest BCUT2D eigenvalue weighted by atomic mass is 9.99. The number of ether oxygens (including phenoxy) is 1. The molecular weight excluding hydrogens is 332 g/mol. The third kappa shape index (κ3) is 4.69. The lowest BCUT2D eigenvalue weighted by Crippen LogP contribution is -2.20. The molecule has 26 heavy (non-hydrogen) atoms. The van der Waals surface area contributed by atoms with Gasteiger partial charge in [0.25, 0.3) is 0 Å². The maximum atomic E-state index is 12.0. The van der Waals surface area contributed by atoms with Crippen LogP contribution in [-0.2, 0) is 25.8 Å². The Morgan fingerprint density at radius 1 is 1.00 bits per heavy atom. The number of carbonyl (C=O) groups is 1. The number of aryl methyl sites for hydroxylation is 1. The Bertz CT molecular complexity index is 814. The average Bonchev–Trinajstić information content (AvgIpc) is 2.67. The van der Waals surface area contributed by atoms with Gasteiger partial charge in [-0.25, -0.2) is 4.79 Å². The van der Waals surface area contributed by atoms with Crippen molar-refractivity contribution < 1.29 is 19.2 Å². The molecule has 0 N–H and O–H groups in total. The van der Waals surface area contributed by atoms with Crippen molar-refractivity contribution in [3.05, 3.63) is 70.8 Å². The number of hydrogen-bond donors (Lipinski definition) is 0. The Morgan fingerprint density at radius 3 is 2.38 bits per heavy atom. The molecule has 0 fully saturated rings. The number of methoxy groups -OCH3 is 1. The number of esters is 1. The quantitative estimate of drug-likeness (QED) is 0.434. The van der Waals surface area contributed by atoms with Gasteiger partial charge in [0.05, 0.1) is 12.8 Å². The molecule has 0 aliphatic rings. The van der Waals surface area contributed by atoms with Gasteiger partial charge >= 0.3 is 5.97 Å². The average molecular weight is 354 g/mol. The van der Waals surface area contributed by atoms with Crippen LogP contribution in [0.2, 0.25) is 0 Å². The summed E-state index contributed by atoms with van der Waals surface area (Å²) in [7, 11) is 2.68. The fraction of sp³-hybridized carbons (Fsp3) is 0.250. The molecule has 0 radical (unpaired) electrons. The van der Waals surface area contributed by atoms with E-state index in [4.69, 9.17) is 14.4 Å². The first kappa shape index (κ1) is 19.2.